The van der Waals surface area contributed by atoms with E-state index in [9.17, 15) is 4.79 Å². The van der Waals surface area contributed by atoms with E-state index in [1.807, 2.05) is 24.3 Å². The van der Waals surface area contributed by atoms with Crippen LogP contribution in [0.2, 0.25) is 0 Å². The van der Waals surface area contributed by atoms with Crippen molar-refractivity contribution in [1.29, 1.82) is 0 Å². The number of hydrogen-bond donors (Lipinski definition) is 2. The first-order valence-corrected chi connectivity index (χ1v) is 6.21. The molecule has 0 aromatic heterocycles. The fourth-order valence-corrected chi connectivity index (χ4v) is 1.68. The van der Waals surface area contributed by atoms with Gasteiger partial charge in [0.15, 0.2) is 0 Å². The molecule has 0 amide bonds. The van der Waals surface area contributed by atoms with Crippen LogP contribution in [0.25, 0.3) is 0 Å². The van der Waals surface area contributed by atoms with E-state index >= 15 is 0 Å². The van der Waals surface area contributed by atoms with Crippen molar-refractivity contribution in [2.75, 3.05) is 20.3 Å². The standard InChI is InChI=1S/C14H21NO3/c1-18-9-3-2-8-15-11-13-6-4-12(5-7-13)10-14(16)17/h4-7,15H,2-3,8-11H2,1H3,(H,16,17). The van der Waals surface area contributed by atoms with Crippen molar-refractivity contribution in [3.05, 3.63) is 35.4 Å². The molecular formula is C14H21NO3. The highest BCUT2D eigenvalue weighted by Crippen LogP contribution is 2.05. The molecule has 4 heteroatoms. The molecule has 0 aliphatic heterocycles. The Bertz CT molecular complexity index is 349. The van der Waals surface area contributed by atoms with Crippen molar-refractivity contribution in [3.8, 4) is 0 Å². The summed E-state index contributed by atoms with van der Waals surface area (Å²) in [7, 11) is 1.71. The lowest BCUT2D eigenvalue weighted by atomic mass is 10.1. The number of aliphatic carboxylic acids is 1. The van der Waals surface area contributed by atoms with Gasteiger partial charge in [-0.25, -0.2) is 0 Å². The Balaban J connectivity index is 2.20. The molecule has 0 aliphatic rings. The van der Waals surface area contributed by atoms with Gasteiger partial charge in [0, 0.05) is 20.3 Å². The van der Waals surface area contributed by atoms with Gasteiger partial charge in [-0.15, -0.1) is 0 Å². The van der Waals surface area contributed by atoms with Gasteiger partial charge in [0.05, 0.1) is 6.42 Å². The minimum absolute atomic E-state index is 0.0880. The van der Waals surface area contributed by atoms with E-state index in [0.717, 1.165) is 38.1 Å². The van der Waals surface area contributed by atoms with Crippen LogP contribution in [0.15, 0.2) is 24.3 Å². The SMILES string of the molecule is COCCCCNCc1ccc(CC(=O)O)cc1. The van der Waals surface area contributed by atoms with Crippen molar-refractivity contribution < 1.29 is 14.6 Å². The van der Waals surface area contributed by atoms with Crippen molar-refractivity contribution in [2.24, 2.45) is 0 Å². The lowest BCUT2D eigenvalue weighted by molar-refractivity contribution is -0.136. The summed E-state index contributed by atoms with van der Waals surface area (Å²) in [6.45, 7) is 2.60. The molecule has 0 fully saturated rings. The number of unbranched alkanes of at least 4 members (excludes halogenated alkanes) is 1. The molecule has 0 aliphatic carbocycles. The predicted molar refractivity (Wildman–Crippen MR) is 70.6 cm³/mol. The summed E-state index contributed by atoms with van der Waals surface area (Å²) < 4.78 is 4.98. The Morgan fingerprint density at radius 1 is 1.22 bits per heavy atom. The summed E-state index contributed by atoms with van der Waals surface area (Å²) in [5.41, 5.74) is 2.02. The second-order valence-corrected chi connectivity index (χ2v) is 4.26. The first kappa shape index (κ1) is 14.7. The second-order valence-electron chi connectivity index (χ2n) is 4.26. The number of carboxylic acid groups (broad SMARTS) is 1. The van der Waals surface area contributed by atoms with E-state index in [0.29, 0.717) is 0 Å². The van der Waals surface area contributed by atoms with Gasteiger partial charge in [0.25, 0.3) is 0 Å². The number of ether oxygens (including phenoxy) is 1. The molecule has 0 saturated heterocycles. The molecule has 100 valence electrons. The quantitative estimate of drug-likeness (QED) is 0.657. The van der Waals surface area contributed by atoms with Crippen molar-refractivity contribution >= 4 is 5.97 Å². The summed E-state index contributed by atoms with van der Waals surface area (Å²) in [6, 6.07) is 7.69. The molecule has 0 unspecified atom stereocenters. The van der Waals surface area contributed by atoms with Crippen molar-refractivity contribution in [1.82, 2.24) is 5.32 Å². The molecule has 0 spiro atoms. The minimum atomic E-state index is -0.793. The van der Waals surface area contributed by atoms with Crippen LogP contribution in [-0.4, -0.2) is 31.3 Å². The zero-order valence-electron chi connectivity index (χ0n) is 10.8. The maximum atomic E-state index is 10.5. The molecule has 1 aromatic carbocycles. The number of carbonyl (C=O) groups is 1. The third kappa shape index (κ3) is 6.37. The Morgan fingerprint density at radius 2 is 1.89 bits per heavy atom. The van der Waals surface area contributed by atoms with Crippen LogP contribution in [0.5, 0.6) is 0 Å². The van der Waals surface area contributed by atoms with Crippen LogP contribution < -0.4 is 5.32 Å². The molecule has 0 heterocycles. The van der Waals surface area contributed by atoms with Crippen LogP contribution >= 0.6 is 0 Å². The summed E-state index contributed by atoms with van der Waals surface area (Å²) in [4.78, 5) is 10.5. The maximum Gasteiger partial charge on any atom is 0.307 e. The first-order chi connectivity index (χ1) is 8.72. The zero-order chi connectivity index (χ0) is 13.2. The molecule has 2 N–H and O–H groups in total. The number of benzene rings is 1. The molecule has 0 atom stereocenters. The predicted octanol–water partition coefficient (Wildman–Crippen LogP) is 1.83. The normalized spacial score (nSPS) is 10.5. The number of carboxylic acids is 1. The van der Waals surface area contributed by atoms with Crippen molar-refractivity contribution in [3.63, 3.8) is 0 Å². The number of rotatable bonds is 9. The highest BCUT2D eigenvalue weighted by atomic mass is 16.5. The molecule has 0 radical (unpaired) electrons. The van der Waals surface area contributed by atoms with Crippen molar-refractivity contribution in [2.45, 2.75) is 25.8 Å². The Labute approximate surface area is 108 Å². The molecule has 0 saturated carbocycles. The summed E-state index contributed by atoms with van der Waals surface area (Å²) in [6.07, 6.45) is 2.26. The lowest BCUT2D eigenvalue weighted by Gasteiger charge is -2.05. The van der Waals surface area contributed by atoms with Gasteiger partial charge in [-0.3, -0.25) is 4.79 Å². The van der Waals surface area contributed by atoms with E-state index in [-0.39, 0.29) is 6.42 Å². The van der Waals surface area contributed by atoms with Gasteiger partial charge in [-0.2, -0.15) is 0 Å². The van der Waals surface area contributed by atoms with E-state index in [4.69, 9.17) is 9.84 Å². The molecule has 0 bridgehead atoms. The second kappa shape index (κ2) is 8.66. The average molecular weight is 251 g/mol. The summed E-state index contributed by atoms with van der Waals surface area (Å²) in [5.74, 6) is -0.793. The summed E-state index contributed by atoms with van der Waals surface area (Å²) >= 11 is 0. The number of hydrogen-bond acceptors (Lipinski definition) is 3. The first-order valence-electron chi connectivity index (χ1n) is 6.21. The van der Waals surface area contributed by atoms with E-state index in [1.54, 1.807) is 7.11 Å². The maximum absolute atomic E-state index is 10.5. The van der Waals surface area contributed by atoms with Crippen LogP contribution in [0.1, 0.15) is 24.0 Å². The van der Waals surface area contributed by atoms with E-state index in [1.165, 1.54) is 5.56 Å². The van der Waals surface area contributed by atoms with Gasteiger partial charge >= 0.3 is 5.97 Å². The van der Waals surface area contributed by atoms with Gasteiger partial charge in [-0.1, -0.05) is 24.3 Å². The smallest absolute Gasteiger partial charge is 0.307 e. The molecular weight excluding hydrogens is 230 g/mol. The highest BCUT2D eigenvalue weighted by Gasteiger charge is 2.00. The third-order valence-corrected chi connectivity index (χ3v) is 2.66. The zero-order valence-corrected chi connectivity index (χ0v) is 10.8. The van der Waals surface area contributed by atoms with Gasteiger partial charge in [0.2, 0.25) is 0 Å². The Morgan fingerprint density at radius 3 is 2.50 bits per heavy atom. The topological polar surface area (TPSA) is 58.6 Å². The van der Waals surface area contributed by atoms with Crippen LogP contribution in [0, 0.1) is 0 Å². The number of nitrogens with one attached hydrogen (secondary N) is 1. The Hall–Kier alpha value is -1.39. The molecule has 4 nitrogen and oxygen atoms in total. The van der Waals surface area contributed by atoms with Gasteiger partial charge in [-0.05, 0) is 30.5 Å². The monoisotopic (exact) mass is 251 g/mol. The van der Waals surface area contributed by atoms with E-state index in [2.05, 4.69) is 5.32 Å². The fourth-order valence-electron chi connectivity index (χ4n) is 1.68. The van der Waals surface area contributed by atoms with E-state index < -0.39 is 5.97 Å². The van der Waals surface area contributed by atoms with Gasteiger partial charge in [0.1, 0.15) is 0 Å². The minimum Gasteiger partial charge on any atom is -0.481 e. The highest BCUT2D eigenvalue weighted by molar-refractivity contribution is 5.70. The number of methoxy groups -OCH3 is 1. The van der Waals surface area contributed by atoms with Crippen LogP contribution in [-0.2, 0) is 22.5 Å². The average Bonchev–Trinajstić information content (AvgIpc) is 2.35. The fraction of sp³-hybridized carbons (Fsp3) is 0.500. The third-order valence-electron chi connectivity index (χ3n) is 2.66. The molecule has 18 heavy (non-hydrogen) atoms. The largest absolute Gasteiger partial charge is 0.481 e. The van der Waals surface area contributed by atoms with Gasteiger partial charge < -0.3 is 15.2 Å². The van der Waals surface area contributed by atoms with Crippen LogP contribution in [0.3, 0.4) is 0 Å². The molecule has 1 rings (SSSR count). The van der Waals surface area contributed by atoms with Crippen LogP contribution in [0.4, 0.5) is 0 Å². The molecule has 1 aromatic rings. The Kier molecular flexibility index (Phi) is 7.06. The summed E-state index contributed by atoms with van der Waals surface area (Å²) in [5, 5.41) is 12.0. The lowest BCUT2D eigenvalue weighted by Crippen LogP contribution is -2.15.